The van der Waals surface area contributed by atoms with Crippen molar-refractivity contribution in [2.45, 2.75) is 53.9 Å². The fraction of sp³-hybridized carbons (Fsp3) is 0.350. The van der Waals surface area contributed by atoms with Crippen LogP contribution in [0.5, 0.6) is 0 Å². The Balaban J connectivity index is 1.65. The van der Waals surface area contributed by atoms with Crippen LogP contribution in [-0.4, -0.2) is 11.9 Å². The first kappa shape index (κ1) is 16.0. The molecule has 124 valence electrons. The minimum atomic E-state index is 0.0646. The molecule has 1 aliphatic heterocycles. The van der Waals surface area contributed by atoms with E-state index in [-0.39, 0.29) is 17.4 Å². The Morgan fingerprint density at radius 1 is 1.21 bits per heavy atom. The zero-order valence-corrected chi connectivity index (χ0v) is 15.2. The van der Waals surface area contributed by atoms with Gasteiger partial charge < -0.3 is 5.32 Å². The van der Waals surface area contributed by atoms with Crippen molar-refractivity contribution >= 4 is 29.3 Å². The van der Waals surface area contributed by atoms with E-state index in [0.717, 1.165) is 29.2 Å². The standard InChI is InChI=1S/C20H20ClNOS/c1-20-11-10-19(23)22-18(20)9-6-13-12-14(7-8-15(13)20)24-17-5-3-2-4-16(17)21/h2-5,7-8,12,18H,6,9-11H2,1H3,(H,22,23)/t18?,20-/m1/s1. The second-order valence-electron chi connectivity index (χ2n) is 6.93. The van der Waals surface area contributed by atoms with Gasteiger partial charge in [-0.1, -0.05) is 48.5 Å². The van der Waals surface area contributed by atoms with Crippen molar-refractivity contribution in [3.05, 3.63) is 58.6 Å². The van der Waals surface area contributed by atoms with E-state index >= 15 is 0 Å². The van der Waals surface area contributed by atoms with Gasteiger partial charge in [-0.3, -0.25) is 4.79 Å². The highest BCUT2D eigenvalue weighted by molar-refractivity contribution is 7.99. The van der Waals surface area contributed by atoms with Crippen molar-refractivity contribution in [3.63, 3.8) is 0 Å². The zero-order chi connectivity index (χ0) is 16.7. The molecule has 1 heterocycles. The third-order valence-corrected chi connectivity index (χ3v) is 6.94. The molecule has 0 radical (unpaired) electrons. The van der Waals surface area contributed by atoms with E-state index in [2.05, 4.69) is 36.5 Å². The van der Waals surface area contributed by atoms with Crippen LogP contribution < -0.4 is 5.32 Å². The number of aryl methyl sites for hydroxylation is 1. The first-order valence-electron chi connectivity index (χ1n) is 8.41. The Morgan fingerprint density at radius 2 is 2.04 bits per heavy atom. The molecule has 0 saturated carbocycles. The molecule has 0 spiro atoms. The predicted octanol–water partition coefficient (Wildman–Crippen LogP) is 4.97. The van der Waals surface area contributed by atoms with Gasteiger partial charge in [0.1, 0.15) is 0 Å². The zero-order valence-electron chi connectivity index (χ0n) is 13.6. The second kappa shape index (κ2) is 6.12. The minimum Gasteiger partial charge on any atom is -0.352 e. The number of amides is 1. The van der Waals surface area contributed by atoms with Crippen LogP contribution in [0.4, 0.5) is 0 Å². The summed E-state index contributed by atoms with van der Waals surface area (Å²) in [5, 5.41) is 3.99. The monoisotopic (exact) mass is 357 g/mol. The number of hydrogen-bond donors (Lipinski definition) is 1. The fourth-order valence-electron chi connectivity index (χ4n) is 4.04. The highest BCUT2D eigenvalue weighted by Gasteiger charge is 2.43. The van der Waals surface area contributed by atoms with Crippen molar-refractivity contribution < 1.29 is 4.79 Å². The molecular weight excluding hydrogens is 338 g/mol. The van der Waals surface area contributed by atoms with Gasteiger partial charge in [0, 0.05) is 27.7 Å². The molecule has 2 aliphatic rings. The predicted molar refractivity (Wildman–Crippen MR) is 98.9 cm³/mol. The number of nitrogens with one attached hydrogen (secondary N) is 1. The van der Waals surface area contributed by atoms with Crippen molar-refractivity contribution in [2.75, 3.05) is 0 Å². The van der Waals surface area contributed by atoms with E-state index in [1.807, 2.05) is 18.2 Å². The van der Waals surface area contributed by atoms with Gasteiger partial charge in [-0.25, -0.2) is 0 Å². The first-order chi connectivity index (χ1) is 11.6. The highest BCUT2D eigenvalue weighted by atomic mass is 35.5. The number of carbonyl (C=O) groups excluding carboxylic acids is 1. The van der Waals surface area contributed by atoms with Crippen LogP contribution in [0.15, 0.2) is 52.3 Å². The maximum atomic E-state index is 11.7. The number of piperidine rings is 1. The molecule has 1 saturated heterocycles. The molecule has 24 heavy (non-hydrogen) atoms. The molecule has 2 nitrogen and oxygen atoms in total. The van der Waals surface area contributed by atoms with Gasteiger partial charge in [-0.15, -0.1) is 0 Å². The lowest BCUT2D eigenvalue weighted by Crippen LogP contribution is -2.55. The second-order valence-corrected chi connectivity index (χ2v) is 8.45. The molecule has 0 bridgehead atoms. The summed E-state index contributed by atoms with van der Waals surface area (Å²) in [5.41, 5.74) is 2.89. The molecule has 4 rings (SSSR count). The van der Waals surface area contributed by atoms with Gasteiger partial charge >= 0.3 is 0 Å². The van der Waals surface area contributed by atoms with Gasteiger partial charge in [0.2, 0.25) is 5.91 Å². The molecule has 1 amide bonds. The van der Waals surface area contributed by atoms with Crippen molar-refractivity contribution in [1.82, 2.24) is 5.32 Å². The number of fused-ring (bicyclic) bond motifs is 3. The Bertz CT molecular complexity index is 806. The number of rotatable bonds is 2. The Kier molecular flexibility index (Phi) is 4.09. The minimum absolute atomic E-state index is 0.0646. The van der Waals surface area contributed by atoms with E-state index in [1.54, 1.807) is 11.8 Å². The molecule has 1 N–H and O–H groups in total. The SMILES string of the molecule is C[C@]12CCC(=O)NC1CCc1cc(Sc3ccccc3Cl)ccc12. The van der Waals surface area contributed by atoms with Gasteiger partial charge in [0.25, 0.3) is 0 Å². The Hall–Kier alpha value is -1.45. The molecule has 2 aromatic rings. The average Bonchev–Trinajstić information content (AvgIpc) is 2.58. The summed E-state index contributed by atoms with van der Waals surface area (Å²) in [4.78, 5) is 14.0. The highest BCUT2D eigenvalue weighted by Crippen LogP contribution is 2.44. The summed E-state index contributed by atoms with van der Waals surface area (Å²) in [6.45, 7) is 2.30. The third-order valence-electron chi connectivity index (χ3n) is 5.43. The summed E-state index contributed by atoms with van der Waals surface area (Å²) in [7, 11) is 0. The average molecular weight is 358 g/mol. The third kappa shape index (κ3) is 2.74. The van der Waals surface area contributed by atoms with Crippen LogP contribution in [0.2, 0.25) is 5.02 Å². The van der Waals surface area contributed by atoms with Gasteiger partial charge in [-0.2, -0.15) is 0 Å². The summed E-state index contributed by atoms with van der Waals surface area (Å²) in [5.74, 6) is 0.201. The van der Waals surface area contributed by atoms with Gasteiger partial charge in [0.05, 0.1) is 5.02 Å². The van der Waals surface area contributed by atoms with Crippen molar-refractivity contribution in [3.8, 4) is 0 Å². The Morgan fingerprint density at radius 3 is 2.88 bits per heavy atom. The smallest absolute Gasteiger partial charge is 0.220 e. The van der Waals surface area contributed by atoms with Crippen LogP contribution in [0.25, 0.3) is 0 Å². The van der Waals surface area contributed by atoms with E-state index in [9.17, 15) is 4.79 Å². The van der Waals surface area contributed by atoms with Crippen LogP contribution in [0.1, 0.15) is 37.3 Å². The molecule has 2 atom stereocenters. The lowest BCUT2D eigenvalue weighted by Gasteiger charge is -2.46. The van der Waals surface area contributed by atoms with Crippen molar-refractivity contribution in [1.29, 1.82) is 0 Å². The molecular formula is C20H20ClNOS. The topological polar surface area (TPSA) is 29.1 Å². The normalized spacial score (nSPS) is 25.6. The summed E-state index contributed by atoms with van der Waals surface area (Å²) in [6.07, 6.45) is 3.61. The van der Waals surface area contributed by atoms with Gasteiger partial charge in [-0.05, 0) is 54.7 Å². The van der Waals surface area contributed by atoms with Crippen molar-refractivity contribution in [2.24, 2.45) is 0 Å². The maximum Gasteiger partial charge on any atom is 0.220 e. The van der Waals surface area contributed by atoms with Crippen LogP contribution in [-0.2, 0) is 16.6 Å². The Labute approximate surface area is 152 Å². The molecule has 0 aromatic heterocycles. The summed E-state index contributed by atoms with van der Waals surface area (Å²) < 4.78 is 0. The number of carbonyl (C=O) groups is 1. The summed E-state index contributed by atoms with van der Waals surface area (Å²) >= 11 is 8.00. The molecule has 1 unspecified atom stereocenters. The fourth-order valence-corrected chi connectivity index (χ4v) is 5.19. The quantitative estimate of drug-likeness (QED) is 0.821. The van der Waals surface area contributed by atoms with E-state index in [4.69, 9.17) is 11.6 Å². The van der Waals surface area contributed by atoms with Gasteiger partial charge in [0.15, 0.2) is 0 Å². The van der Waals surface area contributed by atoms with Crippen LogP contribution in [0, 0.1) is 0 Å². The molecule has 4 heteroatoms. The summed E-state index contributed by atoms with van der Waals surface area (Å²) in [6, 6.07) is 15.0. The molecule has 1 fully saturated rings. The number of hydrogen-bond acceptors (Lipinski definition) is 2. The maximum absolute atomic E-state index is 11.7. The number of benzene rings is 2. The lowest BCUT2D eigenvalue weighted by atomic mass is 9.64. The van der Waals surface area contributed by atoms with Crippen LogP contribution in [0.3, 0.4) is 0 Å². The van der Waals surface area contributed by atoms with E-state index in [1.165, 1.54) is 16.0 Å². The van der Waals surface area contributed by atoms with E-state index < -0.39 is 0 Å². The molecule has 1 aliphatic carbocycles. The first-order valence-corrected chi connectivity index (χ1v) is 9.61. The largest absolute Gasteiger partial charge is 0.352 e. The number of halogens is 1. The lowest BCUT2D eigenvalue weighted by molar-refractivity contribution is -0.125. The molecule has 2 aromatic carbocycles. The van der Waals surface area contributed by atoms with E-state index in [0.29, 0.717) is 6.42 Å². The van der Waals surface area contributed by atoms with Crippen LogP contribution >= 0.6 is 23.4 Å².